The van der Waals surface area contributed by atoms with Gasteiger partial charge in [0.1, 0.15) is 11.3 Å². The van der Waals surface area contributed by atoms with Crippen LogP contribution in [-0.4, -0.2) is 38.8 Å². The molecule has 11 heteroatoms. The zero-order valence-electron chi connectivity index (χ0n) is 21.8. The van der Waals surface area contributed by atoms with E-state index in [1.807, 2.05) is 54.6 Å². The van der Waals surface area contributed by atoms with Crippen LogP contribution >= 0.6 is 11.9 Å². The average molecular weight is 575 g/mol. The van der Waals surface area contributed by atoms with Crippen molar-refractivity contribution in [1.29, 1.82) is 0 Å². The molecule has 0 fully saturated rings. The fraction of sp³-hybridized carbons (Fsp3) is 0.103. The van der Waals surface area contributed by atoms with Gasteiger partial charge in [0.2, 0.25) is 16.0 Å². The third-order valence-electron chi connectivity index (χ3n) is 6.12. The molecule has 0 aromatic heterocycles. The van der Waals surface area contributed by atoms with Crippen molar-refractivity contribution in [2.75, 3.05) is 19.0 Å². The predicted octanol–water partition coefficient (Wildman–Crippen LogP) is 3.66. The first-order chi connectivity index (χ1) is 19.2. The lowest BCUT2D eigenvalue weighted by Gasteiger charge is -2.33. The van der Waals surface area contributed by atoms with Crippen LogP contribution in [0.2, 0.25) is 0 Å². The van der Waals surface area contributed by atoms with Gasteiger partial charge in [0.25, 0.3) is 5.91 Å². The van der Waals surface area contributed by atoms with Crippen molar-refractivity contribution >= 4 is 39.5 Å². The number of rotatable bonds is 10. The molecular formula is C29H30N6O3S2. The molecule has 0 atom stereocenters. The summed E-state index contributed by atoms with van der Waals surface area (Å²) >= 11 is 1.32. The number of nitrogens with zero attached hydrogens (tertiary/aromatic N) is 2. The van der Waals surface area contributed by atoms with Crippen molar-refractivity contribution < 1.29 is 13.2 Å². The summed E-state index contributed by atoms with van der Waals surface area (Å²) in [6, 6.07) is 36.0. The zero-order chi connectivity index (χ0) is 28.6. The molecule has 0 spiro atoms. The molecule has 1 amide bonds. The maximum atomic E-state index is 12.6. The monoisotopic (exact) mass is 574 g/mol. The van der Waals surface area contributed by atoms with Crippen LogP contribution in [0.25, 0.3) is 0 Å². The van der Waals surface area contributed by atoms with Gasteiger partial charge in [0.05, 0.1) is 10.6 Å². The minimum absolute atomic E-state index is 0.0248. The van der Waals surface area contributed by atoms with E-state index in [1.165, 1.54) is 36.2 Å². The standard InChI is InChI=1S/C29H30N6O3S2/c1-35(21-27(36)33-32-25-17-19-26(20-18-25)40(31,37)38)28(30)34-39-29(22-11-5-2-6-12-22,23-13-7-3-8-14-23)24-15-9-4-10-16-24/h2-20,32H,21H2,1H3,(H2,30,34)(H,33,36)(H2,31,37,38). The molecule has 0 radical (unpaired) electrons. The molecule has 0 aliphatic heterocycles. The molecule has 6 N–H and O–H groups in total. The van der Waals surface area contributed by atoms with E-state index in [0.29, 0.717) is 5.69 Å². The van der Waals surface area contributed by atoms with Crippen LogP contribution < -0.4 is 21.7 Å². The van der Waals surface area contributed by atoms with Gasteiger partial charge in [0.15, 0.2) is 0 Å². The number of hydrazine groups is 1. The largest absolute Gasteiger partial charge is 0.369 e. The highest BCUT2D eigenvalue weighted by atomic mass is 32.2. The Labute approximate surface area is 238 Å². The number of primary sulfonamides is 1. The first kappa shape index (κ1) is 28.7. The first-order valence-corrected chi connectivity index (χ1v) is 14.6. The van der Waals surface area contributed by atoms with E-state index in [2.05, 4.69) is 47.2 Å². The summed E-state index contributed by atoms with van der Waals surface area (Å²) in [6.07, 6.45) is 0. The molecule has 4 rings (SSSR count). The second-order valence-electron chi connectivity index (χ2n) is 8.92. The summed E-state index contributed by atoms with van der Waals surface area (Å²) in [4.78, 5) is 14.1. The van der Waals surface area contributed by atoms with Crippen molar-refractivity contribution in [3.8, 4) is 0 Å². The Kier molecular flexibility index (Phi) is 9.10. The fourth-order valence-electron chi connectivity index (χ4n) is 4.07. The predicted molar refractivity (Wildman–Crippen MR) is 161 cm³/mol. The number of anilines is 1. The molecule has 0 saturated carbocycles. The van der Waals surface area contributed by atoms with Gasteiger partial charge in [-0.05, 0) is 52.9 Å². The van der Waals surface area contributed by atoms with Crippen LogP contribution in [-0.2, 0) is 19.6 Å². The lowest BCUT2D eigenvalue weighted by atomic mass is 9.84. The maximum Gasteiger partial charge on any atom is 0.257 e. The highest BCUT2D eigenvalue weighted by Gasteiger charge is 2.38. The minimum atomic E-state index is -3.80. The summed E-state index contributed by atoms with van der Waals surface area (Å²) in [6.45, 7) is -0.0762. The molecule has 4 aromatic rings. The number of nitrogens with two attached hydrogens (primary N) is 2. The van der Waals surface area contributed by atoms with E-state index >= 15 is 0 Å². The van der Waals surface area contributed by atoms with Gasteiger partial charge in [-0.15, -0.1) is 0 Å². The third-order valence-corrected chi connectivity index (χ3v) is 8.31. The zero-order valence-corrected chi connectivity index (χ0v) is 23.4. The fourth-order valence-corrected chi connectivity index (χ4v) is 5.68. The SMILES string of the molecule is CN(CC(=O)NNc1ccc(S(N)(=O)=O)cc1)/C(N)=N/SC(c1ccccc1)(c1ccccc1)c1ccccc1. The summed E-state index contributed by atoms with van der Waals surface area (Å²) in [5.41, 5.74) is 15.3. The molecule has 0 heterocycles. The highest BCUT2D eigenvalue weighted by molar-refractivity contribution is 7.99. The van der Waals surface area contributed by atoms with Crippen LogP contribution in [0.15, 0.2) is 125 Å². The molecule has 40 heavy (non-hydrogen) atoms. The van der Waals surface area contributed by atoms with E-state index < -0.39 is 14.8 Å². The Morgan fingerprint density at radius 1 is 0.825 bits per heavy atom. The van der Waals surface area contributed by atoms with Crippen LogP contribution in [0, 0.1) is 0 Å². The van der Waals surface area contributed by atoms with Crippen molar-refractivity contribution in [1.82, 2.24) is 10.3 Å². The number of likely N-dealkylation sites (N-methyl/N-ethyl adjacent to an activating group) is 1. The van der Waals surface area contributed by atoms with Gasteiger partial charge in [-0.1, -0.05) is 91.0 Å². The summed E-state index contributed by atoms with van der Waals surface area (Å²) < 4.78 is 26.8. The van der Waals surface area contributed by atoms with Crippen molar-refractivity contribution in [3.05, 3.63) is 132 Å². The maximum absolute atomic E-state index is 12.6. The number of carbonyl (C=O) groups is 1. The second kappa shape index (κ2) is 12.7. The quantitative estimate of drug-likeness (QED) is 0.0744. The Morgan fingerprint density at radius 2 is 1.27 bits per heavy atom. The summed E-state index contributed by atoms with van der Waals surface area (Å²) in [5.74, 6) is -0.202. The van der Waals surface area contributed by atoms with Gasteiger partial charge in [0, 0.05) is 7.05 Å². The Bertz CT molecular complexity index is 1450. The average Bonchev–Trinajstić information content (AvgIpc) is 2.97. The van der Waals surface area contributed by atoms with Crippen molar-refractivity contribution in [2.24, 2.45) is 15.3 Å². The van der Waals surface area contributed by atoms with Gasteiger partial charge >= 0.3 is 0 Å². The molecule has 206 valence electrons. The van der Waals surface area contributed by atoms with Gasteiger partial charge < -0.3 is 10.6 Å². The molecule has 4 aromatic carbocycles. The van der Waals surface area contributed by atoms with Crippen LogP contribution in [0.1, 0.15) is 16.7 Å². The second-order valence-corrected chi connectivity index (χ2v) is 11.5. The molecule has 0 bridgehead atoms. The Morgan fingerprint density at radius 3 is 1.70 bits per heavy atom. The smallest absolute Gasteiger partial charge is 0.257 e. The molecule has 0 saturated heterocycles. The third kappa shape index (κ3) is 6.81. The number of nitrogens with one attached hydrogen (secondary N) is 2. The highest BCUT2D eigenvalue weighted by Crippen LogP contribution is 2.48. The van der Waals surface area contributed by atoms with Crippen molar-refractivity contribution in [3.63, 3.8) is 0 Å². The van der Waals surface area contributed by atoms with Gasteiger partial charge in [-0.2, -0.15) is 4.40 Å². The van der Waals surface area contributed by atoms with Crippen LogP contribution in [0.4, 0.5) is 5.69 Å². The molecule has 0 unspecified atom stereocenters. The molecule has 0 aliphatic carbocycles. The number of sulfonamides is 1. The minimum Gasteiger partial charge on any atom is -0.369 e. The van der Waals surface area contributed by atoms with Crippen LogP contribution in [0.5, 0.6) is 0 Å². The van der Waals surface area contributed by atoms with E-state index in [9.17, 15) is 13.2 Å². The van der Waals surface area contributed by atoms with Gasteiger partial charge in [-0.3, -0.25) is 15.6 Å². The molecule has 0 aliphatic rings. The number of benzene rings is 4. The lowest BCUT2D eigenvalue weighted by molar-refractivity contribution is -0.120. The van der Waals surface area contributed by atoms with Gasteiger partial charge in [-0.25, -0.2) is 13.6 Å². The number of amides is 1. The van der Waals surface area contributed by atoms with Crippen LogP contribution in [0.3, 0.4) is 0 Å². The Hall–Kier alpha value is -4.32. The topological polar surface area (TPSA) is 143 Å². The first-order valence-electron chi connectivity index (χ1n) is 12.3. The lowest BCUT2D eigenvalue weighted by Crippen LogP contribution is -2.43. The normalized spacial score (nSPS) is 12.0. The van der Waals surface area contributed by atoms with E-state index in [1.54, 1.807) is 11.9 Å². The van der Waals surface area contributed by atoms with E-state index in [0.717, 1.165) is 16.7 Å². The Balaban J connectivity index is 1.52. The molecular weight excluding hydrogens is 544 g/mol. The summed E-state index contributed by atoms with van der Waals surface area (Å²) in [7, 11) is -2.12. The van der Waals surface area contributed by atoms with E-state index in [-0.39, 0.29) is 23.3 Å². The van der Waals surface area contributed by atoms with Crippen molar-refractivity contribution in [2.45, 2.75) is 9.64 Å². The number of carbonyl (C=O) groups excluding carboxylic acids is 1. The molecule has 9 nitrogen and oxygen atoms in total. The van der Waals surface area contributed by atoms with E-state index in [4.69, 9.17) is 15.3 Å². The number of hydrogen-bond donors (Lipinski definition) is 4. The summed E-state index contributed by atoms with van der Waals surface area (Å²) in [5, 5.41) is 5.11. The number of hydrogen-bond acceptors (Lipinski definition) is 6. The number of guanidine groups is 1.